The lowest BCUT2D eigenvalue weighted by Crippen LogP contribution is -2.12. The molecule has 0 bridgehead atoms. The van der Waals surface area contributed by atoms with E-state index in [0.717, 1.165) is 5.56 Å². The van der Waals surface area contributed by atoms with E-state index in [4.69, 9.17) is 0 Å². The van der Waals surface area contributed by atoms with Gasteiger partial charge in [-0.15, -0.1) is 0 Å². The van der Waals surface area contributed by atoms with E-state index in [9.17, 15) is 15.2 Å². The lowest BCUT2D eigenvalue weighted by atomic mass is 9.85. The van der Waals surface area contributed by atoms with Gasteiger partial charge in [-0.25, -0.2) is 0 Å². The first-order valence-corrected chi connectivity index (χ1v) is 7.57. The molecule has 0 heterocycles. The van der Waals surface area contributed by atoms with E-state index in [0.29, 0.717) is 17.0 Å². The van der Waals surface area contributed by atoms with Gasteiger partial charge in [-0.2, -0.15) is 5.10 Å². The number of nitro groups is 1. The molecule has 0 amide bonds. The SMILES string of the molecule is CC(=NNc1ccc([N+](=O)[O-])cc1)c1cc(C(C)(C)C)ccc1O. The van der Waals surface area contributed by atoms with Crippen molar-refractivity contribution in [3.63, 3.8) is 0 Å². The molecule has 0 spiro atoms. The number of hydrogen-bond donors (Lipinski definition) is 2. The normalized spacial score (nSPS) is 12.1. The average Bonchev–Trinajstić information content (AvgIpc) is 2.52. The second kappa shape index (κ2) is 6.70. The number of non-ortho nitro benzene ring substituents is 1. The molecule has 24 heavy (non-hydrogen) atoms. The second-order valence-electron chi connectivity index (χ2n) is 6.59. The minimum absolute atomic E-state index is 0.0248. The molecule has 0 aromatic heterocycles. The second-order valence-corrected chi connectivity index (χ2v) is 6.59. The van der Waals surface area contributed by atoms with Crippen molar-refractivity contribution >= 4 is 17.1 Å². The van der Waals surface area contributed by atoms with Crippen molar-refractivity contribution in [3.05, 3.63) is 63.7 Å². The van der Waals surface area contributed by atoms with E-state index < -0.39 is 4.92 Å². The lowest BCUT2D eigenvalue weighted by molar-refractivity contribution is -0.384. The molecule has 0 saturated heterocycles. The Hall–Kier alpha value is -2.89. The average molecular weight is 327 g/mol. The van der Waals surface area contributed by atoms with Gasteiger partial charge in [0, 0.05) is 17.7 Å². The van der Waals surface area contributed by atoms with Crippen LogP contribution in [0.4, 0.5) is 11.4 Å². The maximum atomic E-state index is 10.6. The number of rotatable bonds is 4. The molecule has 0 aliphatic carbocycles. The maximum absolute atomic E-state index is 10.6. The molecule has 0 fully saturated rings. The third kappa shape index (κ3) is 4.10. The van der Waals surface area contributed by atoms with Crippen LogP contribution in [-0.4, -0.2) is 15.7 Å². The van der Waals surface area contributed by atoms with Crippen LogP contribution in [0.15, 0.2) is 47.6 Å². The zero-order valence-electron chi connectivity index (χ0n) is 14.2. The molecule has 0 radical (unpaired) electrons. The predicted octanol–water partition coefficient (Wildman–Crippen LogP) is 4.43. The van der Waals surface area contributed by atoms with Gasteiger partial charge in [0.15, 0.2) is 0 Å². The Bertz CT molecular complexity index is 775. The van der Waals surface area contributed by atoms with E-state index in [-0.39, 0.29) is 16.9 Å². The summed E-state index contributed by atoms with van der Waals surface area (Å²) in [5.41, 5.74) is 5.84. The molecule has 0 unspecified atom stereocenters. The van der Waals surface area contributed by atoms with Crippen molar-refractivity contribution in [1.82, 2.24) is 0 Å². The first kappa shape index (κ1) is 17.5. The van der Waals surface area contributed by atoms with E-state index in [2.05, 4.69) is 31.3 Å². The van der Waals surface area contributed by atoms with Crippen molar-refractivity contribution in [1.29, 1.82) is 0 Å². The monoisotopic (exact) mass is 327 g/mol. The van der Waals surface area contributed by atoms with Gasteiger partial charge in [0.05, 0.1) is 16.3 Å². The van der Waals surface area contributed by atoms with E-state index in [1.807, 2.05) is 12.1 Å². The minimum atomic E-state index is -0.450. The molecule has 2 aromatic carbocycles. The molecule has 0 aliphatic heterocycles. The summed E-state index contributed by atoms with van der Waals surface area (Å²) in [6.07, 6.45) is 0. The van der Waals surface area contributed by atoms with Gasteiger partial charge in [0.25, 0.3) is 5.69 Å². The standard InChI is InChI=1S/C18H21N3O3/c1-12(16-11-13(18(2,3)4)5-10-17(16)22)19-20-14-6-8-15(9-7-14)21(23)24/h5-11,20,22H,1-4H3. The summed E-state index contributed by atoms with van der Waals surface area (Å²) in [5.74, 6) is 0.162. The molecule has 2 rings (SSSR count). The maximum Gasteiger partial charge on any atom is 0.269 e. The number of anilines is 1. The number of benzene rings is 2. The zero-order chi connectivity index (χ0) is 17.9. The summed E-state index contributed by atoms with van der Waals surface area (Å²) in [4.78, 5) is 10.2. The van der Waals surface area contributed by atoms with Gasteiger partial charge in [-0.3, -0.25) is 15.5 Å². The number of phenols is 1. The summed E-state index contributed by atoms with van der Waals surface area (Å²) in [7, 11) is 0. The molecule has 2 N–H and O–H groups in total. The van der Waals surface area contributed by atoms with E-state index >= 15 is 0 Å². The highest BCUT2D eigenvalue weighted by Gasteiger charge is 2.16. The Labute approximate surface area is 141 Å². The van der Waals surface area contributed by atoms with Crippen molar-refractivity contribution in [2.24, 2.45) is 5.10 Å². The highest BCUT2D eigenvalue weighted by atomic mass is 16.6. The third-order valence-electron chi connectivity index (χ3n) is 3.68. The summed E-state index contributed by atoms with van der Waals surface area (Å²) in [6.45, 7) is 8.10. The number of nitrogens with zero attached hydrogens (tertiary/aromatic N) is 2. The number of hydrazone groups is 1. The highest BCUT2D eigenvalue weighted by molar-refractivity contribution is 6.01. The fourth-order valence-electron chi connectivity index (χ4n) is 2.16. The molecule has 0 atom stereocenters. The summed E-state index contributed by atoms with van der Waals surface area (Å²) in [5, 5.41) is 25.0. The van der Waals surface area contributed by atoms with Crippen LogP contribution in [-0.2, 0) is 5.41 Å². The quantitative estimate of drug-likeness (QED) is 0.494. The molecular weight excluding hydrogens is 306 g/mol. The molecule has 6 heteroatoms. The smallest absolute Gasteiger partial charge is 0.269 e. The first-order valence-electron chi connectivity index (χ1n) is 7.57. The summed E-state index contributed by atoms with van der Waals surface area (Å²) < 4.78 is 0. The summed E-state index contributed by atoms with van der Waals surface area (Å²) in [6, 6.07) is 11.5. The zero-order valence-corrected chi connectivity index (χ0v) is 14.2. The largest absolute Gasteiger partial charge is 0.507 e. The van der Waals surface area contributed by atoms with Crippen molar-refractivity contribution in [2.45, 2.75) is 33.1 Å². The van der Waals surface area contributed by atoms with Gasteiger partial charge >= 0.3 is 0 Å². The van der Waals surface area contributed by atoms with Crippen molar-refractivity contribution in [3.8, 4) is 5.75 Å². The Morgan fingerprint density at radius 2 is 1.79 bits per heavy atom. The van der Waals surface area contributed by atoms with Crippen LogP contribution in [0, 0.1) is 10.1 Å². The predicted molar refractivity (Wildman–Crippen MR) is 95.7 cm³/mol. The van der Waals surface area contributed by atoms with Crippen LogP contribution < -0.4 is 5.43 Å². The minimum Gasteiger partial charge on any atom is -0.507 e. The van der Waals surface area contributed by atoms with Gasteiger partial charge in [-0.05, 0) is 42.2 Å². The van der Waals surface area contributed by atoms with Crippen LogP contribution in [0.1, 0.15) is 38.8 Å². The van der Waals surface area contributed by atoms with Crippen molar-refractivity contribution < 1.29 is 10.0 Å². The van der Waals surface area contributed by atoms with Crippen LogP contribution in [0.2, 0.25) is 0 Å². The topological polar surface area (TPSA) is 87.8 Å². The first-order chi connectivity index (χ1) is 11.2. The molecule has 0 saturated carbocycles. The van der Waals surface area contributed by atoms with Gasteiger partial charge in [0.1, 0.15) is 5.75 Å². The molecule has 6 nitrogen and oxygen atoms in total. The lowest BCUT2D eigenvalue weighted by Gasteiger charge is -2.20. The Morgan fingerprint density at radius 1 is 1.17 bits per heavy atom. The van der Waals surface area contributed by atoms with Crippen molar-refractivity contribution in [2.75, 3.05) is 5.43 Å². The fourth-order valence-corrected chi connectivity index (χ4v) is 2.16. The number of phenolic OH excluding ortho intramolecular Hbond substituents is 1. The number of nitrogens with one attached hydrogen (secondary N) is 1. The van der Waals surface area contributed by atoms with Gasteiger partial charge in [-0.1, -0.05) is 26.8 Å². The van der Waals surface area contributed by atoms with Crippen LogP contribution >= 0.6 is 0 Å². The number of aromatic hydroxyl groups is 1. The Balaban J connectivity index is 2.23. The molecule has 2 aromatic rings. The third-order valence-corrected chi connectivity index (χ3v) is 3.68. The van der Waals surface area contributed by atoms with Crippen LogP contribution in [0.3, 0.4) is 0 Å². The van der Waals surface area contributed by atoms with E-state index in [1.165, 1.54) is 12.1 Å². The van der Waals surface area contributed by atoms with Crippen LogP contribution in [0.5, 0.6) is 5.75 Å². The highest BCUT2D eigenvalue weighted by Crippen LogP contribution is 2.28. The summed E-state index contributed by atoms with van der Waals surface area (Å²) >= 11 is 0. The fraction of sp³-hybridized carbons (Fsp3) is 0.278. The van der Waals surface area contributed by atoms with Gasteiger partial charge in [0.2, 0.25) is 0 Å². The Kier molecular flexibility index (Phi) is 4.87. The van der Waals surface area contributed by atoms with Crippen LogP contribution in [0.25, 0.3) is 0 Å². The molecular formula is C18H21N3O3. The molecule has 126 valence electrons. The van der Waals surface area contributed by atoms with E-state index in [1.54, 1.807) is 25.1 Å². The molecule has 0 aliphatic rings. The van der Waals surface area contributed by atoms with Gasteiger partial charge < -0.3 is 5.11 Å². The number of nitro benzene ring substituents is 1. The number of hydrogen-bond acceptors (Lipinski definition) is 5. The Morgan fingerprint density at radius 3 is 2.33 bits per heavy atom.